The van der Waals surface area contributed by atoms with Crippen LogP contribution in [0.25, 0.3) is 0 Å². The van der Waals surface area contributed by atoms with E-state index < -0.39 is 0 Å². The van der Waals surface area contributed by atoms with Crippen LogP contribution in [-0.4, -0.2) is 31.8 Å². The molecule has 1 aliphatic heterocycles. The van der Waals surface area contributed by atoms with Crippen molar-refractivity contribution in [2.24, 2.45) is 10.7 Å². The van der Waals surface area contributed by atoms with Crippen LogP contribution >= 0.6 is 0 Å². The summed E-state index contributed by atoms with van der Waals surface area (Å²) in [6.45, 7) is 2.19. The molecule has 2 aliphatic rings. The third-order valence-electron chi connectivity index (χ3n) is 4.52. The standard InChI is InChI=1S/C18H27N3O2/c19-18(20-11-5-12-22-14-6-1-2-7-14)21-16-10-13-23-17-9-4-3-8-15(16)17/h3-4,8-9,14,16H,1-2,5-7,10-13H2,(H3,19,20,21). The number of fused-ring (bicyclic) bond motifs is 1. The Labute approximate surface area is 138 Å². The van der Waals surface area contributed by atoms with E-state index in [1.165, 1.54) is 25.7 Å². The highest BCUT2D eigenvalue weighted by molar-refractivity contribution is 5.78. The van der Waals surface area contributed by atoms with Gasteiger partial charge in [-0.25, -0.2) is 0 Å². The fraction of sp³-hybridized carbons (Fsp3) is 0.611. The lowest BCUT2D eigenvalue weighted by Crippen LogP contribution is -2.37. The first-order chi connectivity index (χ1) is 11.3. The lowest BCUT2D eigenvalue weighted by atomic mass is 10.0. The van der Waals surface area contributed by atoms with Crippen molar-refractivity contribution in [3.8, 4) is 5.75 Å². The van der Waals surface area contributed by atoms with Gasteiger partial charge in [0.15, 0.2) is 5.96 Å². The molecule has 1 atom stereocenters. The van der Waals surface area contributed by atoms with E-state index in [0.717, 1.165) is 30.8 Å². The molecule has 0 saturated heterocycles. The van der Waals surface area contributed by atoms with Crippen LogP contribution in [0.2, 0.25) is 0 Å². The first-order valence-corrected chi connectivity index (χ1v) is 8.73. The Morgan fingerprint density at radius 1 is 1.26 bits per heavy atom. The van der Waals surface area contributed by atoms with Crippen molar-refractivity contribution >= 4 is 5.96 Å². The van der Waals surface area contributed by atoms with Crippen molar-refractivity contribution in [3.63, 3.8) is 0 Å². The van der Waals surface area contributed by atoms with E-state index in [1.54, 1.807) is 0 Å². The second-order valence-corrected chi connectivity index (χ2v) is 6.27. The predicted octanol–water partition coefficient (Wildman–Crippen LogP) is 2.76. The number of hydrogen-bond acceptors (Lipinski definition) is 3. The molecular weight excluding hydrogens is 290 g/mol. The maximum atomic E-state index is 6.02. The molecule has 0 amide bonds. The maximum absolute atomic E-state index is 6.02. The minimum atomic E-state index is 0.179. The van der Waals surface area contributed by atoms with Gasteiger partial charge >= 0.3 is 0 Å². The van der Waals surface area contributed by atoms with Gasteiger partial charge in [0.25, 0.3) is 0 Å². The Hall–Kier alpha value is -1.75. The number of aliphatic imine (C=N–C) groups is 1. The summed E-state index contributed by atoms with van der Waals surface area (Å²) >= 11 is 0. The summed E-state index contributed by atoms with van der Waals surface area (Å²) in [6.07, 6.45) is 7.36. The summed E-state index contributed by atoms with van der Waals surface area (Å²) in [6, 6.07) is 8.27. The molecule has 1 unspecified atom stereocenters. The van der Waals surface area contributed by atoms with E-state index in [9.17, 15) is 0 Å². The number of nitrogens with zero attached hydrogens (tertiary/aromatic N) is 1. The highest BCUT2D eigenvalue weighted by atomic mass is 16.5. The van der Waals surface area contributed by atoms with E-state index in [0.29, 0.717) is 25.2 Å². The van der Waals surface area contributed by atoms with Crippen LogP contribution < -0.4 is 15.8 Å². The van der Waals surface area contributed by atoms with Crippen molar-refractivity contribution < 1.29 is 9.47 Å². The normalized spacial score (nSPS) is 21.7. The zero-order valence-corrected chi connectivity index (χ0v) is 13.7. The molecule has 0 radical (unpaired) electrons. The molecule has 1 heterocycles. The zero-order valence-electron chi connectivity index (χ0n) is 13.7. The smallest absolute Gasteiger partial charge is 0.189 e. The van der Waals surface area contributed by atoms with Gasteiger partial charge in [0.05, 0.1) is 18.8 Å². The van der Waals surface area contributed by atoms with Crippen molar-refractivity contribution in [3.05, 3.63) is 29.8 Å². The minimum Gasteiger partial charge on any atom is -0.493 e. The average Bonchev–Trinajstić information content (AvgIpc) is 3.08. The Balaban J connectivity index is 1.41. The first kappa shape index (κ1) is 16.1. The average molecular weight is 317 g/mol. The summed E-state index contributed by atoms with van der Waals surface area (Å²) in [4.78, 5) is 4.42. The lowest BCUT2D eigenvalue weighted by Gasteiger charge is -2.26. The summed E-state index contributed by atoms with van der Waals surface area (Å²) < 4.78 is 11.5. The second-order valence-electron chi connectivity index (χ2n) is 6.27. The van der Waals surface area contributed by atoms with Gasteiger partial charge in [-0.05, 0) is 25.3 Å². The molecule has 1 aliphatic carbocycles. The molecule has 3 rings (SSSR count). The van der Waals surface area contributed by atoms with Gasteiger partial charge in [-0.3, -0.25) is 4.99 Å². The molecule has 23 heavy (non-hydrogen) atoms. The van der Waals surface area contributed by atoms with Crippen LogP contribution in [0.1, 0.15) is 50.1 Å². The number of ether oxygens (including phenoxy) is 2. The first-order valence-electron chi connectivity index (χ1n) is 8.73. The molecule has 1 fully saturated rings. The molecule has 1 aromatic carbocycles. The number of benzene rings is 1. The van der Waals surface area contributed by atoms with Crippen molar-refractivity contribution in [2.75, 3.05) is 19.8 Å². The highest BCUT2D eigenvalue weighted by Gasteiger charge is 2.21. The van der Waals surface area contributed by atoms with Crippen molar-refractivity contribution in [1.82, 2.24) is 5.32 Å². The number of guanidine groups is 1. The minimum absolute atomic E-state index is 0.179. The van der Waals surface area contributed by atoms with Gasteiger partial charge in [0.2, 0.25) is 0 Å². The van der Waals surface area contributed by atoms with E-state index in [1.807, 2.05) is 18.2 Å². The summed E-state index contributed by atoms with van der Waals surface area (Å²) in [7, 11) is 0. The van der Waals surface area contributed by atoms with Gasteiger partial charge in [0, 0.05) is 25.1 Å². The molecular formula is C18H27N3O2. The summed E-state index contributed by atoms with van der Waals surface area (Å²) in [5.74, 6) is 1.45. The molecule has 5 nitrogen and oxygen atoms in total. The predicted molar refractivity (Wildman–Crippen MR) is 91.7 cm³/mol. The Bertz CT molecular complexity index is 527. The number of hydrogen-bond donors (Lipinski definition) is 2. The highest BCUT2D eigenvalue weighted by Crippen LogP contribution is 2.31. The molecule has 3 N–H and O–H groups in total. The second kappa shape index (κ2) is 8.20. The molecule has 0 spiro atoms. The number of nitrogens with one attached hydrogen (secondary N) is 1. The molecule has 1 aromatic rings. The summed E-state index contributed by atoms with van der Waals surface area (Å²) in [5.41, 5.74) is 7.18. The topological polar surface area (TPSA) is 68.9 Å². The molecule has 0 aromatic heterocycles. The molecule has 1 saturated carbocycles. The van der Waals surface area contributed by atoms with E-state index >= 15 is 0 Å². The van der Waals surface area contributed by atoms with Crippen LogP contribution in [0, 0.1) is 0 Å². The maximum Gasteiger partial charge on any atom is 0.189 e. The SMILES string of the molecule is NC(=NCCCOC1CCCC1)NC1CCOc2ccccc21. The zero-order chi connectivity index (χ0) is 15.9. The van der Waals surface area contributed by atoms with E-state index in [-0.39, 0.29) is 6.04 Å². The van der Waals surface area contributed by atoms with Crippen LogP contribution in [0.4, 0.5) is 0 Å². The van der Waals surface area contributed by atoms with Gasteiger partial charge < -0.3 is 20.5 Å². The lowest BCUT2D eigenvalue weighted by molar-refractivity contribution is 0.0579. The summed E-state index contributed by atoms with van der Waals surface area (Å²) in [5, 5.41) is 3.31. The molecule has 5 heteroatoms. The van der Waals surface area contributed by atoms with Crippen LogP contribution in [-0.2, 0) is 4.74 Å². The van der Waals surface area contributed by atoms with E-state index in [4.69, 9.17) is 15.2 Å². The molecule has 0 bridgehead atoms. The van der Waals surface area contributed by atoms with Crippen LogP contribution in [0.15, 0.2) is 29.3 Å². The van der Waals surface area contributed by atoms with Crippen molar-refractivity contribution in [1.29, 1.82) is 0 Å². The Morgan fingerprint density at radius 2 is 2.09 bits per heavy atom. The number of rotatable bonds is 6. The largest absolute Gasteiger partial charge is 0.493 e. The van der Waals surface area contributed by atoms with Crippen LogP contribution in [0.5, 0.6) is 5.75 Å². The quantitative estimate of drug-likeness (QED) is 0.481. The van der Waals surface area contributed by atoms with Crippen LogP contribution in [0.3, 0.4) is 0 Å². The van der Waals surface area contributed by atoms with Crippen molar-refractivity contribution in [2.45, 2.75) is 50.7 Å². The Morgan fingerprint density at radius 3 is 2.96 bits per heavy atom. The number of para-hydroxylation sites is 1. The fourth-order valence-electron chi connectivity index (χ4n) is 3.29. The third-order valence-corrected chi connectivity index (χ3v) is 4.52. The van der Waals surface area contributed by atoms with Gasteiger partial charge in [-0.2, -0.15) is 0 Å². The third kappa shape index (κ3) is 4.61. The van der Waals surface area contributed by atoms with E-state index in [2.05, 4.69) is 16.4 Å². The molecule has 126 valence electrons. The van der Waals surface area contributed by atoms with Gasteiger partial charge in [0.1, 0.15) is 5.75 Å². The van der Waals surface area contributed by atoms with Gasteiger partial charge in [-0.15, -0.1) is 0 Å². The number of nitrogens with two attached hydrogens (primary N) is 1. The van der Waals surface area contributed by atoms with Gasteiger partial charge in [-0.1, -0.05) is 31.0 Å². The monoisotopic (exact) mass is 317 g/mol. The fourth-order valence-corrected chi connectivity index (χ4v) is 3.29. The Kier molecular flexibility index (Phi) is 5.75.